The highest BCUT2D eigenvalue weighted by molar-refractivity contribution is 7.91. The van der Waals surface area contributed by atoms with Gasteiger partial charge in [-0.25, -0.2) is 8.42 Å². The average molecular weight is 203 g/mol. The van der Waals surface area contributed by atoms with Gasteiger partial charge in [0.15, 0.2) is 0 Å². The summed E-state index contributed by atoms with van der Waals surface area (Å²) in [5.41, 5.74) is 5.71. The Morgan fingerprint density at radius 2 is 2.00 bits per heavy atom. The third-order valence-electron chi connectivity index (χ3n) is 1.60. The van der Waals surface area contributed by atoms with Gasteiger partial charge in [-0.05, 0) is 20.8 Å². The van der Waals surface area contributed by atoms with E-state index in [9.17, 15) is 8.42 Å². The third-order valence-corrected chi connectivity index (χ3v) is 3.84. The van der Waals surface area contributed by atoms with Crippen LogP contribution in [0.5, 0.6) is 0 Å². The average Bonchev–Trinajstić information content (AvgIpc) is 2.33. The van der Waals surface area contributed by atoms with Gasteiger partial charge in [0.1, 0.15) is 0 Å². The molecule has 0 aliphatic heterocycles. The van der Waals surface area contributed by atoms with E-state index in [1.807, 2.05) is 0 Å². The first kappa shape index (κ1) is 10.0. The molecule has 0 atom stereocenters. The Balaban J connectivity index is 3.24. The van der Waals surface area contributed by atoms with Crippen molar-refractivity contribution < 1.29 is 8.42 Å². The van der Waals surface area contributed by atoms with Gasteiger partial charge in [-0.3, -0.25) is 0 Å². The SMILES string of the molecule is CC(C)(C)S(=O)(=O)n1cc(N)cn1. The molecule has 1 rings (SSSR count). The summed E-state index contributed by atoms with van der Waals surface area (Å²) in [5.74, 6) is 0. The molecule has 0 saturated carbocycles. The molecule has 1 aromatic heterocycles. The summed E-state index contributed by atoms with van der Waals surface area (Å²) < 4.78 is 23.5. The molecule has 0 spiro atoms. The van der Waals surface area contributed by atoms with Crippen LogP contribution in [0.4, 0.5) is 5.69 Å². The van der Waals surface area contributed by atoms with Crippen LogP contribution in [0.1, 0.15) is 20.8 Å². The Kier molecular flexibility index (Phi) is 2.11. The Labute approximate surface area is 77.6 Å². The van der Waals surface area contributed by atoms with Crippen molar-refractivity contribution in [1.29, 1.82) is 0 Å². The first-order valence-corrected chi connectivity index (χ1v) is 5.24. The van der Waals surface area contributed by atoms with Crippen LogP contribution in [0.15, 0.2) is 12.4 Å². The van der Waals surface area contributed by atoms with Crippen molar-refractivity contribution in [3.05, 3.63) is 12.4 Å². The fraction of sp³-hybridized carbons (Fsp3) is 0.571. The molecule has 5 nitrogen and oxygen atoms in total. The summed E-state index contributed by atoms with van der Waals surface area (Å²) in [4.78, 5) is 0. The highest BCUT2D eigenvalue weighted by Gasteiger charge is 2.31. The van der Waals surface area contributed by atoms with Gasteiger partial charge in [0.2, 0.25) is 0 Å². The molecule has 0 fully saturated rings. The molecule has 13 heavy (non-hydrogen) atoms. The predicted molar refractivity (Wildman–Crippen MR) is 50.7 cm³/mol. The van der Waals surface area contributed by atoms with Gasteiger partial charge in [0.25, 0.3) is 10.0 Å². The molecule has 0 aliphatic carbocycles. The number of nitrogens with zero attached hydrogens (tertiary/aromatic N) is 2. The van der Waals surface area contributed by atoms with E-state index in [1.54, 1.807) is 20.8 Å². The van der Waals surface area contributed by atoms with Crippen LogP contribution in [0, 0.1) is 0 Å². The Morgan fingerprint density at radius 3 is 2.31 bits per heavy atom. The molecule has 0 radical (unpaired) electrons. The predicted octanol–water partition coefficient (Wildman–Crippen LogP) is 0.442. The largest absolute Gasteiger partial charge is 0.396 e. The van der Waals surface area contributed by atoms with Gasteiger partial charge in [-0.2, -0.15) is 9.19 Å². The van der Waals surface area contributed by atoms with Gasteiger partial charge in [-0.1, -0.05) is 0 Å². The molecular weight excluding hydrogens is 190 g/mol. The zero-order valence-electron chi connectivity index (χ0n) is 7.85. The standard InChI is InChI=1S/C7H13N3O2S/c1-7(2,3)13(11,12)10-5-6(8)4-9-10/h4-5H,8H2,1-3H3. The van der Waals surface area contributed by atoms with E-state index in [-0.39, 0.29) is 0 Å². The topological polar surface area (TPSA) is 78.0 Å². The molecule has 2 N–H and O–H groups in total. The van der Waals surface area contributed by atoms with Gasteiger partial charge >= 0.3 is 0 Å². The second-order valence-corrected chi connectivity index (χ2v) is 6.31. The molecule has 0 amide bonds. The van der Waals surface area contributed by atoms with Gasteiger partial charge in [0.05, 0.1) is 22.8 Å². The smallest absolute Gasteiger partial charge is 0.258 e. The van der Waals surface area contributed by atoms with E-state index in [0.29, 0.717) is 5.69 Å². The van der Waals surface area contributed by atoms with Crippen LogP contribution in [-0.2, 0) is 10.0 Å². The van der Waals surface area contributed by atoms with Crippen molar-refractivity contribution in [2.75, 3.05) is 5.73 Å². The first-order chi connectivity index (χ1) is 5.75. The quantitative estimate of drug-likeness (QED) is 0.718. The number of rotatable bonds is 1. The Bertz CT molecular complexity index is 400. The van der Waals surface area contributed by atoms with Crippen molar-refractivity contribution in [3.8, 4) is 0 Å². The van der Waals surface area contributed by atoms with Crippen molar-refractivity contribution in [2.24, 2.45) is 0 Å². The summed E-state index contributed by atoms with van der Waals surface area (Å²) >= 11 is 0. The molecule has 0 saturated heterocycles. The Morgan fingerprint density at radius 1 is 1.46 bits per heavy atom. The van der Waals surface area contributed by atoms with Crippen LogP contribution < -0.4 is 5.73 Å². The molecule has 74 valence electrons. The maximum absolute atomic E-state index is 11.7. The van der Waals surface area contributed by atoms with E-state index in [2.05, 4.69) is 5.10 Å². The van der Waals surface area contributed by atoms with Gasteiger partial charge in [0, 0.05) is 0 Å². The highest BCUT2D eigenvalue weighted by Crippen LogP contribution is 2.17. The molecule has 6 heteroatoms. The lowest BCUT2D eigenvalue weighted by molar-refractivity contribution is 0.543. The fourth-order valence-corrected chi connectivity index (χ4v) is 1.72. The van der Waals surface area contributed by atoms with Gasteiger partial charge in [-0.15, -0.1) is 0 Å². The molecule has 0 aromatic carbocycles. The lowest BCUT2D eigenvalue weighted by atomic mass is 10.3. The van der Waals surface area contributed by atoms with Crippen molar-refractivity contribution in [2.45, 2.75) is 25.5 Å². The zero-order chi connectivity index (χ0) is 10.3. The van der Waals surface area contributed by atoms with Crippen LogP contribution in [-0.4, -0.2) is 22.4 Å². The van der Waals surface area contributed by atoms with Crippen LogP contribution in [0.25, 0.3) is 0 Å². The maximum atomic E-state index is 11.7. The summed E-state index contributed by atoms with van der Waals surface area (Å²) in [6.45, 7) is 4.83. The second-order valence-electron chi connectivity index (χ2n) is 3.76. The van der Waals surface area contributed by atoms with Crippen molar-refractivity contribution in [3.63, 3.8) is 0 Å². The fourth-order valence-electron chi connectivity index (χ4n) is 0.730. The summed E-state index contributed by atoms with van der Waals surface area (Å²) in [5, 5.41) is 3.66. The maximum Gasteiger partial charge on any atom is 0.258 e. The summed E-state index contributed by atoms with van der Waals surface area (Å²) in [7, 11) is -3.43. The molecule has 0 bridgehead atoms. The normalized spacial score (nSPS) is 13.2. The highest BCUT2D eigenvalue weighted by atomic mass is 32.2. The molecule has 0 unspecified atom stereocenters. The number of nitrogens with two attached hydrogens (primary N) is 1. The summed E-state index contributed by atoms with van der Waals surface area (Å²) in [6, 6.07) is 0. The minimum atomic E-state index is -3.43. The van der Waals surface area contributed by atoms with E-state index < -0.39 is 14.8 Å². The van der Waals surface area contributed by atoms with Crippen molar-refractivity contribution >= 4 is 15.7 Å². The first-order valence-electron chi connectivity index (χ1n) is 3.80. The van der Waals surface area contributed by atoms with Crippen LogP contribution >= 0.6 is 0 Å². The van der Waals surface area contributed by atoms with E-state index in [1.165, 1.54) is 12.4 Å². The minimum Gasteiger partial charge on any atom is -0.396 e. The molecule has 1 aromatic rings. The van der Waals surface area contributed by atoms with E-state index >= 15 is 0 Å². The number of aromatic nitrogens is 2. The van der Waals surface area contributed by atoms with Gasteiger partial charge < -0.3 is 5.73 Å². The molecular formula is C7H13N3O2S. The number of anilines is 1. The number of nitrogen functional groups attached to an aromatic ring is 1. The van der Waals surface area contributed by atoms with Crippen LogP contribution in [0.2, 0.25) is 0 Å². The van der Waals surface area contributed by atoms with E-state index in [0.717, 1.165) is 4.09 Å². The lowest BCUT2D eigenvalue weighted by Crippen LogP contribution is -2.33. The third kappa shape index (κ3) is 1.67. The van der Waals surface area contributed by atoms with Crippen molar-refractivity contribution in [1.82, 2.24) is 9.19 Å². The Hall–Kier alpha value is -1.04. The molecule has 0 aliphatic rings. The minimum absolute atomic E-state index is 0.341. The molecule has 1 heterocycles. The number of hydrogen-bond acceptors (Lipinski definition) is 4. The van der Waals surface area contributed by atoms with E-state index in [4.69, 9.17) is 5.73 Å². The van der Waals surface area contributed by atoms with Crippen LogP contribution in [0.3, 0.4) is 0 Å². The number of hydrogen-bond donors (Lipinski definition) is 1. The lowest BCUT2D eigenvalue weighted by Gasteiger charge is -2.18. The summed E-state index contributed by atoms with van der Waals surface area (Å²) in [6.07, 6.45) is 2.60. The zero-order valence-corrected chi connectivity index (χ0v) is 8.67. The second kappa shape index (κ2) is 2.73. The monoisotopic (exact) mass is 203 g/mol.